The number of fused-ring (bicyclic) bond motifs is 1. The van der Waals surface area contributed by atoms with Crippen LogP contribution >= 0.6 is 0 Å². The van der Waals surface area contributed by atoms with Crippen LogP contribution in [0, 0.1) is 5.41 Å². The quantitative estimate of drug-likeness (QED) is 0.497. The largest absolute Gasteiger partial charge is 0.265 e. The number of hydrogen-bond acceptors (Lipinski definition) is 2. The third-order valence-electron chi connectivity index (χ3n) is 1.20. The van der Waals surface area contributed by atoms with Gasteiger partial charge in [-0.05, 0) is 12.1 Å². The predicted octanol–water partition coefficient (Wildman–Crippen LogP) is -0.731. The summed E-state index contributed by atoms with van der Waals surface area (Å²) in [7, 11) is 0. The first kappa shape index (κ1) is 5.22. The molecule has 0 aliphatic carbocycles. The van der Waals surface area contributed by atoms with Crippen LogP contribution in [0.5, 0.6) is 0 Å². The van der Waals surface area contributed by atoms with Crippen molar-refractivity contribution in [2.75, 3.05) is 0 Å². The van der Waals surface area contributed by atoms with Crippen LogP contribution in [-0.4, -0.2) is 10.9 Å². The van der Waals surface area contributed by atoms with E-state index in [1.807, 2.05) is 0 Å². The lowest BCUT2D eigenvalue weighted by atomic mass is 10.5. The zero-order valence-electron chi connectivity index (χ0n) is 5.07. The Labute approximate surface area is 56.5 Å². The summed E-state index contributed by atoms with van der Waals surface area (Å²) in [6.07, 6.45) is 1.64. The molecule has 1 aliphatic heterocycles. The first-order valence-electron chi connectivity index (χ1n) is 2.83. The summed E-state index contributed by atoms with van der Waals surface area (Å²) in [5, 5.41) is 7.75. The van der Waals surface area contributed by atoms with Crippen LogP contribution in [0.1, 0.15) is 0 Å². The van der Waals surface area contributed by atoms with E-state index in [0.29, 0.717) is 10.8 Å². The lowest BCUT2D eigenvalue weighted by molar-refractivity contribution is 1.14. The Balaban J connectivity index is 2.96. The van der Waals surface area contributed by atoms with Crippen LogP contribution in [0.25, 0.3) is 0 Å². The number of nitrogens with one attached hydrogen (secondary N) is 1. The molecule has 0 amide bonds. The van der Waals surface area contributed by atoms with Crippen molar-refractivity contribution < 1.29 is 0 Å². The zero-order chi connectivity index (χ0) is 6.97. The third-order valence-corrected chi connectivity index (χ3v) is 1.20. The Hall–Kier alpha value is -1.58. The van der Waals surface area contributed by atoms with Gasteiger partial charge in [0.05, 0.1) is 0 Å². The Morgan fingerprint density at radius 3 is 3.00 bits per heavy atom. The van der Waals surface area contributed by atoms with Crippen LogP contribution in [0.3, 0.4) is 0 Å². The van der Waals surface area contributed by atoms with Gasteiger partial charge in [0, 0.05) is 6.20 Å². The molecule has 0 saturated heterocycles. The Bertz CT molecular complexity index is 355. The number of hydrogen-bond donors (Lipinski definition) is 1. The molecule has 10 heavy (non-hydrogen) atoms. The Morgan fingerprint density at radius 1 is 1.30 bits per heavy atom. The van der Waals surface area contributed by atoms with E-state index in [0.717, 1.165) is 0 Å². The fourth-order valence-corrected chi connectivity index (χ4v) is 0.801. The van der Waals surface area contributed by atoms with Crippen molar-refractivity contribution >= 4 is 5.96 Å². The van der Waals surface area contributed by atoms with Crippen LogP contribution in [-0.2, 0) is 0 Å². The lowest BCUT2D eigenvalue weighted by Crippen LogP contribution is -2.23. The lowest BCUT2D eigenvalue weighted by Gasteiger charge is -1.75. The van der Waals surface area contributed by atoms with Gasteiger partial charge in [0.2, 0.25) is 5.96 Å². The summed E-state index contributed by atoms with van der Waals surface area (Å²) in [4.78, 5) is 11.5. The Morgan fingerprint density at radius 2 is 2.20 bits per heavy atom. The summed E-state index contributed by atoms with van der Waals surface area (Å²) in [6.45, 7) is 0. The maximum absolute atomic E-state index is 7.06. The molecule has 0 atom stereocenters. The van der Waals surface area contributed by atoms with E-state index >= 15 is 0 Å². The molecule has 1 aliphatic rings. The molecule has 0 bridgehead atoms. The van der Waals surface area contributed by atoms with Crippen molar-refractivity contribution in [1.29, 1.82) is 5.41 Å². The third kappa shape index (κ3) is 0.621. The van der Waals surface area contributed by atoms with Crippen LogP contribution in [0.4, 0.5) is 0 Å². The molecule has 1 N–H and O–H groups in total. The molecule has 4 nitrogen and oxygen atoms in total. The second-order valence-corrected chi connectivity index (χ2v) is 1.89. The summed E-state index contributed by atoms with van der Waals surface area (Å²) >= 11 is 0. The van der Waals surface area contributed by atoms with Crippen LogP contribution in [0.2, 0.25) is 0 Å². The molecule has 1 aromatic heterocycles. The van der Waals surface area contributed by atoms with E-state index in [2.05, 4.69) is 15.0 Å². The van der Waals surface area contributed by atoms with Crippen molar-refractivity contribution in [3.63, 3.8) is 0 Å². The van der Waals surface area contributed by atoms with E-state index in [1.54, 1.807) is 18.3 Å². The Kier molecular flexibility index (Phi) is 0.887. The molecule has 2 rings (SSSR count). The van der Waals surface area contributed by atoms with Crippen LogP contribution in [0.15, 0.2) is 28.3 Å². The van der Waals surface area contributed by atoms with Gasteiger partial charge in [-0.2, -0.15) is 4.99 Å². The standard InChI is InChI=1S/C6H4N4/c7-6-9-4-2-1-3-8-5(4)10-6/h1-3,7H. The van der Waals surface area contributed by atoms with Gasteiger partial charge in [-0.1, -0.05) is 0 Å². The van der Waals surface area contributed by atoms with Gasteiger partial charge >= 0.3 is 0 Å². The maximum atomic E-state index is 7.06. The molecule has 48 valence electrons. The van der Waals surface area contributed by atoms with Gasteiger partial charge in [0.15, 0.2) is 5.49 Å². The van der Waals surface area contributed by atoms with Crippen molar-refractivity contribution in [2.24, 2.45) is 9.98 Å². The highest BCUT2D eigenvalue weighted by Crippen LogP contribution is 1.78. The van der Waals surface area contributed by atoms with Gasteiger partial charge < -0.3 is 0 Å². The number of guanidine groups is 1. The molecular formula is C6H4N4. The first-order chi connectivity index (χ1) is 4.86. The highest BCUT2D eigenvalue weighted by molar-refractivity contribution is 5.79. The topological polar surface area (TPSA) is 61.5 Å². The minimum atomic E-state index is 0.0358. The second kappa shape index (κ2) is 1.70. The minimum Gasteiger partial charge on any atom is -0.265 e. The average Bonchev–Trinajstić information content (AvgIpc) is 2.27. The molecular weight excluding hydrogens is 128 g/mol. The van der Waals surface area contributed by atoms with Gasteiger partial charge in [0.1, 0.15) is 5.36 Å². The fraction of sp³-hybridized carbons (Fsp3) is 0. The second-order valence-electron chi connectivity index (χ2n) is 1.89. The molecule has 0 radical (unpaired) electrons. The smallest absolute Gasteiger partial charge is 0.244 e. The van der Waals surface area contributed by atoms with Gasteiger partial charge in [-0.3, -0.25) is 5.41 Å². The number of nitrogens with zero attached hydrogens (tertiary/aromatic N) is 3. The predicted molar refractivity (Wildman–Crippen MR) is 34.3 cm³/mol. The van der Waals surface area contributed by atoms with Crippen molar-refractivity contribution in [3.8, 4) is 0 Å². The summed E-state index contributed by atoms with van der Waals surface area (Å²) in [5.41, 5.74) is 0.549. The number of pyridine rings is 1. The minimum absolute atomic E-state index is 0.0358. The average molecular weight is 132 g/mol. The van der Waals surface area contributed by atoms with Crippen LogP contribution < -0.4 is 10.8 Å². The molecule has 2 heterocycles. The maximum Gasteiger partial charge on any atom is 0.244 e. The summed E-state index contributed by atoms with van der Waals surface area (Å²) in [5.74, 6) is 0.0358. The van der Waals surface area contributed by atoms with E-state index in [4.69, 9.17) is 5.41 Å². The van der Waals surface area contributed by atoms with Crippen molar-refractivity contribution in [2.45, 2.75) is 0 Å². The summed E-state index contributed by atoms with van der Waals surface area (Å²) in [6, 6.07) is 3.56. The first-order valence-corrected chi connectivity index (χ1v) is 2.83. The van der Waals surface area contributed by atoms with E-state index in [9.17, 15) is 0 Å². The number of rotatable bonds is 0. The molecule has 0 fully saturated rings. The van der Waals surface area contributed by atoms with Crippen molar-refractivity contribution in [1.82, 2.24) is 4.98 Å². The summed E-state index contributed by atoms with van der Waals surface area (Å²) < 4.78 is 0. The normalized spacial score (nSPS) is 13.8. The van der Waals surface area contributed by atoms with Crippen molar-refractivity contribution in [3.05, 3.63) is 29.2 Å². The highest BCUT2D eigenvalue weighted by atomic mass is 15.1. The molecule has 4 heteroatoms. The van der Waals surface area contributed by atoms with E-state index in [1.165, 1.54) is 0 Å². The molecule has 0 saturated carbocycles. The fourth-order valence-electron chi connectivity index (χ4n) is 0.801. The van der Waals surface area contributed by atoms with Gasteiger partial charge in [-0.15, -0.1) is 0 Å². The molecule has 0 spiro atoms. The molecule has 0 unspecified atom stereocenters. The van der Waals surface area contributed by atoms with Gasteiger partial charge in [0.25, 0.3) is 0 Å². The monoisotopic (exact) mass is 132 g/mol. The van der Waals surface area contributed by atoms with Gasteiger partial charge in [-0.25, -0.2) is 9.98 Å². The SMILES string of the molecule is N=C1N=c2cccnc2=N1. The van der Waals surface area contributed by atoms with E-state index < -0.39 is 0 Å². The molecule has 0 aromatic carbocycles. The van der Waals surface area contributed by atoms with E-state index in [-0.39, 0.29) is 5.96 Å². The zero-order valence-corrected chi connectivity index (χ0v) is 5.07. The number of aromatic nitrogens is 1. The highest BCUT2D eigenvalue weighted by Gasteiger charge is 1.99. The molecule has 1 aromatic rings.